The predicted molar refractivity (Wildman–Crippen MR) is 251 cm³/mol. The molecule has 0 aliphatic heterocycles. The van der Waals surface area contributed by atoms with Crippen LogP contribution in [0.2, 0.25) is 0 Å². The lowest BCUT2D eigenvalue weighted by Gasteiger charge is -2.26. The van der Waals surface area contributed by atoms with Crippen LogP contribution in [0.5, 0.6) is 0 Å². The maximum Gasteiger partial charge on any atom is 0.0467 e. The number of hydrogen-bond donors (Lipinski definition) is 0. The maximum atomic E-state index is 2.38. The first-order chi connectivity index (χ1) is 28.7. The Bertz CT molecular complexity index is 3280. The fraction of sp³-hybridized carbons (Fsp3) is 0. The second-order valence-corrected chi connectivity index (χ2v) is 16.0. The zero-order valence-electron chi connectivity index (χ0n) is 31.7. The third-order valence-corrected chi connectivity index (χ3v) is 12.7. The third kappa shape index (κ3) is 6.21. The van der Waals surface area contributed by atoms with Crippen LogP contribution in [0, 0.1) is 0 Å². The number of thiophene rings is 1. The van der Waals surface area contributed by atoms with E-state index in [1.807, 2.05) is 11.3 Å². The molecule has 10 aromatic carbocycles. The molecule has 0 bridgehead atoms. The van der Waals surface area contributed by atoms with Crippen molar-refractivity contribution < 1.29 is 0 Å². The van der Waals surface area contributed by atoms with Crippen LogP contribution in [0.3, 0.4) is 0 Å². The molecule has 0 atom stereocenters. The monoisotopic (exact) mass is 755 g/mol. The van der Waals surface area contributed by atoms with Crippen LogP contribution in [-0.2, 0) is 0 Å². The van der Waals surface area contributed by atoms with E-state index < -0.39 is 0 Å². The van der Waals surface area contributed by atoms with Crippen LogP contribution in [0.1, 0.15) is 0 Å². The Labute approximate surface area is 342 Å². The van der Waals surface area contributed by atoms with Crippen LogP contribution in [0.4, 0.5) is 17.1 Å². The average molecular weight is 756 g/mol. The van der Waals surface area contributed by atoms with Gasteiger partial charge in [0, 0.05) is 37.2 Å². The van der Waals surface area contributed by atoms with Crippen molar-refractivity contribution >= 4 is 70.1 Å². The summed E-state index contributed by atoms with van der Waals surface area (Å²) in [6.07, 6.45) is 0. The standard InChI is InChI=1S/C56H37NS/c1-3-12-42-35-47(24-22-38(42)10-1)45-15-7-14-44(34-45)40-26-30-49(31-27-40)57(51-17-8-16-46(37-51)48-25-23-39-11-2-4-13-43(39)36-48)50-32-28-41(29-33-50)52-19-9-20-54-53-18-5-6-21-55(53)58-56(52)54/h1-37H. The number of fused-ring (bicyclic) bond motifs is 5. The zero-order chi connectivity index (χ0) is 38.4. The zero-order valence-corrected chi connectivity index (χ0v) is 32.5. The number of benzene rings is 10. The molecule has 58 heavy (non-hydrogen) atoms. The van der Waals surface area contributed by atoms with E-state index in [1.165, 1.54) is 86.2 Å². The van der Waals surface area contributed by atoms with Gasteiger partial charge in [-0.25, -0.2) is 0 Å². The molecule has 0 spiro atoms. The van der Waals surface area contributed by atoms with Gasteiger partial charge in [0.2, 0.25) is 0 Å². The van der Waals surface area contributed by atoms with E-state index in [9.17, 15) is 0 Å². The van der Waals surface area contributed by atoms with Crippen LogP contribution in [0.25, 0.3) is 86.2 Å². The Morgan fingerprint density at radius 3 is 1.43 bits per heavy atom. The van der Waals surface area contributed by atoms with E-state index >= 15 is 0 Å². The number of rotatable bonds is 7. The van der Waals surface area contributed by atoms with Crippen molar-refractivity contribution in [1.29, 1.82) is 0 Å². The minimum absolute atomic E-state index is 1.10. The van der Waals surface area contributed by atoms with Gasteiger partial charge >= 0.3 is 0 Å². The van der Waals surface area contributed by atoms with E-state index in [1.54, 1.807) is 0 Å². The number of hydrogen-bond acceptors (Lipinski definition) is 2. The fourth-order valence-corrected chi connectivity index (χ4v) is 9.69. The largest absolute Gasteiger partial charge is 0.310 e. The highest BCUT2D eigenvalue weighted by Gasteiger charge is 2.16. The second-order valence-electron chi connectivity index (χ2n) is 15.0. The van der Waals surface area contributed by atoms with Gasteiger partial charge < -0.3 is 4.90 Å². The molecule has 0 radical (unpaired) electrons. The molecule has 0 N–H and O–H groups in total. The van der Waals surface area contributed by atoms with Crippen molar-refractivity contribution in [3.63, 3.8) is 0 Å². The SMILES string of the molecule is c1cc(-c2ccc(N(c3ccc(-c4cccc5c4sc4ccccc45)cc3)c3cccc(-c4ccc5ccccc5c4)c3)cc2)cc(-c2ccc3ccccc3c2)c1. The number of anilines is 3. The summed E-state index contributed by atoms with van der Waals surface area (Å²) < 4.78 is 2.65. The van der Waals surface area contributed by atoms with Crippen LogP contribution < -0.4 is 4.90 Å². The van der Waals surface area contributed by atoms with Gasteiger partial charge in [0.25, 0.3) is 0 Å². The van der Waals surface area contributed by atoms with Crippen molar-refractivity contribution in [3.8, 4) is 44.5 Å². The van der Waals surface area contributed by atoms with Gasteiger partial charge in [-0.05, 0) is 127 Å². The topological polar surface area (TPSA) is 3.24 Å². The molecule has 1 aromatic heterocycles. The van der Waals surface area contributed by atoms with Gasteiger partial charge in [0.05, 0.1) is 0 Å². The summed E-state index contributed by atoms with van der Waals surface area (Å²) >= 11 is 1.88. The lowest BCUT2D eigenvalue weighted by atomic mass is 9.97. The summed E-state index contributed by atoms with van der Waals surface area (Å²) in [6, 6.07) is 81.9. The van der Waals surface area contributed by atoms with Gasteiger partial charge in [-0.3, -0.25) is 0 Å². The third-order valence-electron chi connectivity index (χ3n) is 11.4. The Hall–Kier alpha value is -7.26. The molecule has 1 nitrogen and oxygen atoms in total. The van der Waals surface area contributed by atoms with Gasteiger partial charge in [0.1, 0.15) is 0 Å². The molecule has 11 aromatic rings. The lowest BCUT2D eigenvalue weighted by Crippen LogP contribution is -2.10. The van der Waals surface area contributed by atoms with Crippen LogP contribution in [0.15, 0.2) is 224 Å². The minimum Gasteiger partial charge on any atom is -0.310 e. The molecular weight excluding hydrogens is 719 g/mol. The molecule has 2 heteroatoms. The molecule has 0 saturated carbocycles. The summed E-state index contributed by atoms with van der Waals surface area (Å²) in [5.41, 5.74) is 13.0. The molecule has 0 fully saturated rings. The van der Waals surface area contributed by atoms with Crippen molar-refractivity contribution in [2.75, 3.05) is 4.90 Å². The Balaban J connectivity index is 0.981. The molecule has 1 heterocycles. The normalized spacial score (nSPS) is 11.4. The first-order valence-electron chi connectivity index (χ1n) is 19.8. The fourth-order valence-electron chi connectivity index (χ4n) is 8.46. The summed E-state index contributed by atoms with van der Waals surface area (Å²) in [5.74, 6) is 0. The highest BCUT2D eigenvalue weighted by molar-refractivity contribution is 7.26. The Kier molecular flexibility index (Phi) is 8.42. The summed E-state index contributed by atoms with van der Waals surface area (Å²) in [5, 5.41) is 7.64. The highest BCUT2D eigenvalue weighted by atomic mass is 32.1. The first kappa shape index (κ1) is 34.0. The summed E-state index contributed by atoms with van der Waals surface area (Å²) in [7, 11) is 0. The first-order valence-corrected chi connectivity index (χ1v) is 20.6. The molecular formula is C56H37NS. The van der Waals surface area contributed by atoms with E-state index in [0.717, 1.165) is 17.1 Å². The summed E-state index contributed by atoms with van der Waals surface area (Å²) in [6.45, 7) is 0. The molecule has 0 amide bonds. The second kappa shape index (κ2) is 14.4. The summed E-state index contributed by atoms with van der Waals surface area (Å²) in [4.78, 5) is 2.38. The Morgan fingerprint density at radius 1 is 0.276 bits per heavy atom. The molecule has 0 aliphatic carbocycles. The number of nitrogens with zero attached hydrogens (tertiary/aromatic N) is 1. The van der Waals surface area contributed by atoms with Crippen molar-refractivity contribution in [2.24, 2.45) is 0 Å². The van der Waals surface area contributed by atoms with Gasteiger partial charge in [0.15, 0.2) is 0 Å². The molecule has 0 saturated heterocycles. The molecule has 0 unspecified atom stereocenters. The van der Waals surface area contributed by atoms with E-state index in [-0.39, 0.29) is 0 Å². The van der Waals surface area contributed by atoms with Gasteiger partial charge in [-0.15, -0.1) is 11.3 Å². The maximum absolute atomic E-state index is 2.38. The predicted octanol–water partition coefficient (Wildman–Crippen LogP) is 16.5. The average Bonchev–Trinajstić information content (AvgIpc) is 3.69. The van der Waals surface area contributed by atoms with Crippen molar-refractivity contribution in [3.05, 3.63) is 224 Å². The molecule has 0 aliphatic rings. The van der Waals surface area contributed by atoms with Crippen molar-refractivity contribution in [1.82, 2.24) is 0 Å². The smallest absolute Gasteiger partial charge is 0.0467 e. The lowest BCUT2D eigenvalue weighted by molar-refractivity contribution is 1.28. The molecule has 11 rings (SSSR count). The quantitative estimate of drug-likeness (QED) is 0.157. The van der Waals surface area contributed by atoms with Gasteiger partial charge in [-0.2, -0.15) is 0 Å². The van der Waals surface area contributed by atoms with E-state index in [0.29, 0.717) is 0 Å². The van der Waals surface area contributed by atoms with E-state index in [4.69, 9.17) is 0 Å². The van der Waals surface area contributed by atoms with Crippen LogP contribution in [-0.4, -0.2) is 0 Å². The molecule has 272 valence electrons. The van der Waals surface area contributed by atoms with Crippen LogP contribution >= 0.6 is 11.3 Å². The van der Waals surface area contributed by atoms with Gasteiger partial charge in [-0.1, -0.05) is 164 Å². The highest BCUT2D eigenvalue weighted by Crippen LogP contribution is 2.42. The van der Waals surface area contributed by atoms with E-state index in [2.05, 4.69) is 229 Å². The Morgan fingerprint density at radius 2 is 0.759 bits per heavy atom. The minimum atomic E-state index is 1.10. The van der Waals surface area contributed by atoms with Crippen molar-refractivity contribution in [2.45, 2.75) is 0 Å².